The summed E-state index contributed by atoms with van der Waals surface area (Å²) in [5.74, 6) is 2.42. The topological polar surface area (TPSA) is 35.2 Å². The molecule has 1 aromatic carbocycles. The van der Waals surface area contributed by atoms with Crippen LogP contribution in [0.15, 0.2) is 30.3 Å². The standard InChI is InChI=1S/C14H21NOS/c15-12-14(7-4-9-17-10-8-14)16-11-13-5-2-1-3-6-13/h1-3,5-6H,4,7-12,15H2. The van der Waals surface area contributed by atoms with Crippen LogP contribution < -0.4 is 5.73 Å². The molecule has 0 spiro atoms. The maximum atomic E-state index is 6.15. The molecule has 1 heterocycles. The fraction of sp³-hybridized carbons (Fsp3) is 0.571. The average Bonchev–Trinajstić information content (AvgIpc) is 2.64. The number of thioether (sulfide) groups is 1. The zero-order chi connectivity index (χ0) is 12.0. The minimum Gasteiger partial charge on any atom is -0.369 e. The quantitative estimate of drug-likeness (QED) is 0.893. The summed E-state index contributed by atoms with van der Waals surface area (Å²) in [5.41, 5.74) is 7.09. The van der Waals surface area contributed by atoms with Crippen molar-refractivity contribution < 1.29 is 4.74 Å². The fourth-order valence-electron chi connectivity index (χ4n) is 2.20. The third-order valence-corrected chi connectivity index (χ3v) is 4.45. The highest BCUT2D eigenvalue weighted by molar-refractivity contribution is 7.99. The number of nitrogens with two attached hydrogens (primary N) is 1. The third-order valence-electron chi connectivity index (χ3n) is 3.38. The number of benzene rings is 1. The number of rotatable bonds is 4. The summed E-state index contributed by atoms with van der Waals surface area (Å²) in [6.07, 6.45) is 3.40. The van der Waals surface area contributed by atoms with Crippen molar-refractivity contribution in [1.82, 2.24) is 0 Å². The van der Waals surface area contributed by atoms with Crippen LogP contribution in [0, 0.1) is 0 Å². The van der Waals surface area contributed by atoms with Gasteiger partial charge in [-0.05, 0) is 36.3 Å². The molecular weight excluding hydrogens is 230 g/mol. The summed E-state index contributed by atoms with van der Waals surface area (Å²) in [7, 11) is 0. The Balaban J connectivity index is 1.94. The second-order valence-corrected chi connectivity index (χ2v) is 5.85. The van der Waals surface area contributed by atoms with Crippen LogP contribution >= 0.6 is 11.8 Å². The molecule has 1 aliphatic rings. The van der Waals surface area contributed by atoms with Gasteiger partial charge >= 0.3 is 0 Å². The Morgan fingerprint density at radius 1 is 1.18 bits per heavy atom. The van der Waals surface area contributed by atoms with Gasteiger partial charge in [0.05, 0.1) is 12.2 Å². The molecule has 1 aromatic rings. The zero-order valence-electron chi connectivity index (χ0n) is 10.2. The van der Waals surface area contributed by atoms with E-state index in [0.717, 1.165) is 12.8 Å². The van der Waals surface area contributed by atoms with E-state index in [-0.39, 0.29) is 5.60 Å². The molecule has 2 rings (SSSR count). The molecule has 0 aliphatic carbocycles. The second kappa shape index (κ2) is 6.43. The number of ether oxygens (including phenoxy) is 1. The van der Waals surface area contributed by atoms with E-state index in [4.69, 9.17) is 10.5 Å². The number of hydrogen-bond acceptors (Lipinski definition) is 3. The molecule has 0 radical (unpaired) electrons. The van der Waals surface area contributed by atoms with Crippen LogP contribution in [0.3, 0.4) is 0 Å². The minimum atomic E-state index is -0.0840. The third kappa shape index (κ3) is 3.73. The first kappa shape index (κ1) is 12.9. The molecule has 0 saturated carbocycles. The van der Waals surface area contributed by atoms with Crippen molar-refractivity contribution in [3.63, 3.8) is 0 Å². The molecule has 3 heteroatoms. The Hall–Kier alpha value is -0.510. The van der Waals surface area contributed by atoms with Gasteiger partial charge in [-0.3, -0.25) is 0 Å². The van der Waals surface area contributed by atoms with Gasteiger partial charge in [-0.2, -0.15) is 11.8 Å². The SMILES string of the molecule is NCC1(OCc2ccccc2)CCCSCC1. The van der Waals surface area contributed by atoms with E-state index in [1.54, 1.807) is 0 Å². The van der Waals surface area contributed by atoms with Crippen LogP contribution in [0.2, 0.25) is 0 Å². The van der Waals surface area contributed by atoms with Gasteiger partial charge in [-0.15, -0.1) is 0 Å². The molecule has 94 valence electrons. The molecular formula is C14H21NOS. The van der Waals surface area contributed by atoms with Crippen LogP contribution in [0.5, 0.6) is 0 Å². The van der Waals surface area contributed by atoms with Crippen molar-refractivity contribution in [2.75, 3.05) is 18.1 Å². The molecule has 0 bridgehead atoms. The summed E-state index contributed by atoms with van der Waals surface area (Å²) in [6.45, 7) is 1.32. The Labute approximate surface area is 108 Å². The molecule has 1 atom stereocenters. The molecule has 2 N–H and O–H groups in total. The predicted molar refractivity (Wildman–Crippen MR) is 74.2 cm³/mol. The first-order valence-electron chi connectivity index (χ1n) is 6.30. The minimum absolute atomic E-state index is 0.0840. The largest absolute Gasteiger partial charge is 0.369 e. The lowest BCUT2D eigenvalue weighted by atomic mass is 9.94. The van der Waals surface area contributed by atoms with E-state index in [1.807, 2.05) is 17.8 Å². The molecule has 0 amide bonds. The van der Waals surface area contributed by atoms with Crippen molar-refractivity contribution in [2.45, 2.75) is 31.5 Å². The van der Waals surface area contributed by atoms with Crippen molar-refractivity contribution in [3.8, 4) is 0 Å². The predicted octanol–water partition coefficient (Wildman–Crippen LogP) is 2.82. The van der Waals surface area contributed by atoms with E-state index in [2.05, 4.69) is 24.3 Å². The van der Waals surface area contributed by atoms with E-state index in [1.165, 1.54) is 23.5 Å². The molecule has 17 heavy (non-hydrogen) atoms. The monoisotopic (exact) mass is 251 g/mol. The van der Waals surface area contributed by atoms with Gasteiger partial charge in [0, 0.05) is 6.54 Å². The van der Waals surface area contributed by atoms with Crippen molar-refractivity contribution >= 4 is 11.8 Å². The lowest BCUT2D eigenvalue weighted by Crippen LogP contribution is -2.40. The Morgan fingerprint density at radius 2 is 2.00 bits per heavy atom. The summed E-state index contributed by atoms with van der Waals surface area (Å²) in [6, 6.07) is 10.4. The normalized spacial score (nSPS) is 25.5. The Bertz CT molecular complexity index is 320. The van der Waals surface area contributed by atoms with Crippen LogP contribution in [-0.2, 0) is 11.3 Å². The highest BCUT2D eigenvalue weighted by Crippen LogP contribution is 2.29. The van der Waals surface area contributed by atoms with Gasteiger partial charge in [-0.1, -0.05) is 30.3 Å². The zero-order valence-corrected chi connectivity index (χ0v) is 11.0. The lowest BCUT2D eigenvalue weighted by molar-refractivity contribution is -0.0570. The molecule has 1 saturated heterocycles. The van der Waals surface area contributed by atoms with Gasteiger partial charge in [0.25, 0.3) is 0 Å². The summed E-state index contributed by atoms with van der Waals surface area (Å²) < 4.78 is 6.15. The summed E-state index contributed by atoms with van der Waals surface area (Å²) >= 11 is 2.02. The second-order valence-electron chi connectivity index (χ2n) is 4.63. The van der Waals surface area contributed by atoms with E-state index >= 15 is 0 Å². The van der Waals surface area contributed by atoms with Gasteiger partial charge in [0.15, 0.2) is 0 Å². The molecule has 0 aromatic heterocycles. The van der Waals surface area contributed by atoms with Crippen LogP contribution in [0.25, 0.3) is 0 Å². The van der Waals surface area contributed by atoms with E-state index in [0.29, 0.717) is 13.2 Å². The van der Waals surface area contributed by atoms with Crippen LogP contribution in [0.4, 0.5) is 0 Å². The lowest BCUT2D eigenvalue weighted by Gasteiger charge is -2.31. The van der Waals surface area contributed by atoms with Gasteiger partial charge in [0.2, 0.25) is 0 Å². The maximum absolute atomic E-state index is 6.15. The van der Waals surface area contributed by atoms with Crippen molar-refractivity contribution in [2.24, 2.45) is 5.73 Å². The Morgan fingerprint density at radius 3 is 2.76 bits per heavy atom. The summed E-state index contributed by atoms with van der Waals surface area (Å²) in [5, 5.41) is 0. The highest BCUT2D eigenvalue weighted by Gasteiger charge is 2.30. The highest BCUT2D eigenvalue weighted by atomic mass is 32.2. The van der Waals surface area contributed by atoms with Crippen LogP contribution in [0.1, 0.15) is 24.8 Å². The van der Waals surface area contributed by atoms with Crippen LogP contribution in [-0.4, -0.2) is 23.7 Å². The first-order chi connectivity index (χ1) is 8.35. The molecule has 1 fully saturated rings. The van der Waals surface area contributed by atoms with E-state index < -0.39 is 0 Å². The smallest absolute Gasteiger partial charge is 0.0816 e. The van der Waals surface area contributed by atoms with Gasteiger partial charge < -0.3 is 10.5 Å². The first-order valence-corrected chi connectivity index (χ1v) is 7.46. The number of hydrogen-bond donors (Lipinski definition) is 1. The maximum Gasteiger partial charge on any atom is 0.0816 e. The molecule has 2 nitrogen and oxygen atoms in total. The average molecular weight is 251 g/mol. The molecule has 1 aliphatic heterocycles. The summed E-state index contributed by atoms with van der Waals surface area (Å²) in [4.78, 5) is 0. The van der Waals surface area contributed by atoms with Crippen molar-refractivity contribution in [1.29, 1.82) is 0 Å². The van der Waals surface area contributed by atoms with Gasteiger partial charge in [0.1, 0.15) is 0 Å². The van der Waals surface area contributed by atoms with Gasteiger partial charge in [-0.25, -0.2) is 0 Å². The van der Waals surface area contributed by atoms with E-state index in [9.17, 15) is 0 Å². The fourth-order valence-corrected chi connectivity index (χ4v) is 3.27. The Kier molecular flexibility index (Phi) is 4.89. The van der Waals surface area contributed by atoms with Crippen molar-refractivity contribution in [3.05, 3.63) is 35.9 Å². The molecule has 1 unspecified atom stereocenters.